The van der Waals surface area contributed by atoms with Crippen LogP contribution in [-0.4, -0.2) is 27.4 Å². The minimum absolute atomic E-state index is 0.174. The molecule has 0 unspecified atom stereocenters. The third-order valence-electron chi connectivity index (χ3n) is 3.40. The number of aliphatic hydroxyl groups is 1. The second-order valence-corrected chi connectivity index (χ2v) is 5.32. The first-order chi connectivity index (χ1) is 11.0. The van der Waals surface area contributed by atoms with Gasteiger partial charge in [0.15, 0.2) is 0 Å². The molecule has 23 heavy (non-hydrogen) atoms. The summed E-state index contributed by atoms with van der Waals surface area (Å²) in [5, 5.41) is 16.7. The number of halogens is 1. The summed E-state index contributed by atoms with van der Waals surface area (Å²) < 4.78 is 6.90. The molecule has 0 saturated heterocycles. The summed E-state index contributed by atoms with van der Waals surface area (Å²) in [6.45, 7) is 4.11. The molecule has 2 aromatic rings. The van der Waals surface area contributed by atoms with Crippen LogP contribution >= 0.6 is 11.6 Å². The smallest absolute Gasteiger partial charge is 0.260 e. The van der Waals surface area contributed by atoms with Gasteiger partial charge in [0.2, 0.25) is 0 Å². The van der Waals surface area contributed by atoms with Crippen molar-refractivity contribution in [1.82, 2.24) is 9.78 Å². The summed E-state index contributed by atoms with van der Waals surface area (Å²) in [7, 11) is 1.69. The highest BCUT2D eigenvalue weighted by Crippen LogP contribution is 2.25. The van der Waals surface area contributed by atoms with E-state index in [4.69, 9.17) is 16.3 Å². The molecule has 0 bridgehead atoms. The van der Waals surface area contributed by atoms with Gasteiger partial charge in [-0.1, -0.05) is 18.5 Å². The molecule has 2 rings (SSSR count). The molecule has 1 aromatic heterocycles. The molecule has 7 heteroatoms. The highest BCUT2D eigenvalue weighted by molar-refractivity contribution is 6.33. The number of carbonyl (C=O) groups excluding carboxylic acids is 1. The molecule has 1 heterocycles. The molecule has 1 amide bonds. The van der Waals surface area contributed by atoms with Gasteiger partial charge in [-0.25, -0.2) is 0 Å². The van der Waals surface area contributed by atoms with Crippen LogP contribution in [0, 0.1) is 0 Å². The molecule has 0 aliphatic heterocycles. The Hall–Kier alpha value is -2.05. The predicted molar refractivity (Wildman–Crippen MR) is 89.1 cm³/mol. The number of carbonyl (C=O) groups is 1. The number of ether oxygens (including phenoxy) is 1. The third kappa shape index (κ3) is 3.65. The topological polar surface area (TPSA) is 76.4 Å². The van der Waals surface area contributed by atoms with E-state index in [0.29, 0.717) is 46.4 Å². The highest BCUT2D eigenvalue weighted by atomic mass is 35.5. The molecule has 124 valence electrons. The Bertz CT molecular complexity index is 713. The van der Waals surface area contributed by atoms with Crippen molar-refractivity contribution in [2.75, 3.05) is 11.9 Å². The Morgan fingerprint density at radius 3 is 2.78 bits per heavy atom. The number of hydrogen-bond acceptors (Lipinski definition) is 4. The minimum Gasteiger partial charge on any atom is -0.494 e. The lowest BCUT2D eigenvalue weighted by molar-refractivity contribution is 0.102. The number of aromatic nitrogens is 2. The van der Waals surface area contributed by atoms with Crippen LogP contribution in [0.3, 0.4) is 0 Å². The molecule has 0 spiro atoms. The van der Waals surface area contributed by atoms with Crippen LogP contribution in [-0.2, 0) is 20.1 Å². The number of nitrogens with one attached hydrogen (secondary N) is 1. The molecule has 0 aliphatic carbocycles. The Kier molecular flexibility index (Phi) is 5.63. The number of aryl methyl sites for hydroxylation is 2. The fraction of sp³-hybridized carbons (Fsp3) is 0.375. The predicted octanol–water partition coefficient (Wildman–Crippen LogP) is 2.78. The summed E-state index contributed by atoms with van der Waals surface area (Å²) in [6.07, 6.45) is 0.606. The first kappa shape index (κ1) is 17.3. The van der Waals surface area contributed by atoms with Crippen LogP contribution in [0.5, 0.6) is 5.75 Å². The van der Waals surface area contributed by atoms with Crippen LogP contribution in [0.25, 0.3) is 0 Å². The second-order valence-electron chi connectivity index (χ2n) is 4.96. The van der Waals surface area contributed by atoms with E-state index in [0.717, 1.165) is 0 Å². The van der Waals surface area contributed by atoms with Crippen LogP contribution in [0.4, 0.5) is 5.69 Å². The van der Waals surface area contributed by atoms with Crippen molar-refractivity contribution in [2.24, 2.45) is 7.05 Å². The monoisotopic (exact) mass is 337 g/mol. The number of anilines is 1. The van der Waals surface area contributed by atoms with Gasteiger partial charge in [-0.3, -0.25) is 9.48 Å². The first-order valence-electron chi connectivity index (χ1n) is 7.41. The van der Waals surface area contributed by atoms with E-state index in [9.17, 15) is 9.90 Å². The Balaban J connectivity index is 2.27. The largest absolute Gasteiger partial charge is 0.494 e. The molecule has 6 nitrogen and oxygen atoms in total. The van der Waals surface area contributed by atoms with E-state index in [1.807, 2.05) is 13.8 Å². The number of rotatable bonds is 6. The average Bonchev–Trinajstić information content (AvgIpc) is 2.83. The maximum atomic E-state index is 12.5. The standard InChI is InChI=1S/C16H20ClN3O3/c1-4-12-14(15(17)20(3)19-12)16(22)18-11-6-7-13(23-5-2)10(8-11)9-21/h6-8,21H,4-5,9H2,1-3H3,(H,18,22). The zero-order valence-corrected chi connectivity index (χ0v) is 14.1. The molecule has 0 fully saturated rings. The zero-order valence-electron chi connectivity index (χ0n) is 13.4. The normalized spacial score (nSPS) is 10.7. The molecule has 0 atom stereocenters. The van der Waals surface area contributed by atoms with Crippen molar-refractivity contribution in [3.05, 3.63) is 40.2 Å². The maximum absolute atomic E-state index is 12.5. The number of aliphatic hydroxyl groups excluding tert-OH is 1. The van der Waals surface area contributed by atoms with E-state index < -0.39 is 0 Å². The SMILES string of the molecule is CCOc1ccc(NC(=O)c2c(CC)nn(C)c2Cl)cc1CO. The summed E-state index contributed by atoms with van der Waals surface area (Å²) in [5.74, 6) is 0.273. The summed E-state index contributed by atoms with van der Waals surface area (Å²) >= 11 is 6.16. The number of amides is 1. The van der Waals surface area contributed by atoms with E-state index in [1.165, 1.54) is 4.68 Å². The lowest BCUT2D eigenvalue weighted by Crippen LogP contribution is -2.14. The van der Waals surface area contributed by atoms with Crippen molar-refractivity contribution in [2.45, 2.75) is 26.9 Å². The van der Waals surface area contributed by atoms with Crippen molar-refractivity contribution < 1.29 is 14.6 Å². The molecular formula is C16H20ClN3O3. The molecule has 0 saturated carbocycles. The quantitative estimate of drug-likeness (QED) is 0.849. The minimum atomic E-state index is -0.326. The van der Waals surface area contributed by atoms with Crippen molar-refractivity contribution in [3.8, 4) is 5.75 Å². The summed E-state index contributed by atoms with van der Waals surface area (Å²) in [6, 6.07) is 5.12. The molecule has 2 N–H and O–H groups in total. The van der Waals surface area contributed by atoms with Crippen molar-refractivity contribution in [3.63, 3.8) is 0 Å². The first-order valence-corrected chi connectivity index (χ1v) is 7.78. The van der Waals surface area contributed by atoms with E-state index in [-0.39, 0.29) is 12.5 Å². The van der Waals surface area contributed by atoms with Crippen molar-refractivity contribution in [1.29, 1.82) is 0 Å². The lowest BCUT2D eigenvalue weighted by Gasteiger charge is -2.11. The Morgan fingerprint density at radius 2 is 2.17 bits per heavy atom. The molecule has 0 radical (unpaired) electrons. The molecular weight excluding hydrogens is 318 g/mol. The molecule has 1 aromatic carbocycles. The maximum Gasteiger partial charge on any atom is 0.260 e. The number of hydrogen-bond donors (Lipinski definition) is 2. The summed E-state index contributed by atoms with van der Waals surface area (Å²) in [4.78, 5) is 12.5. The van der Waals surface area contributed by atoms with Crippen LogP contribution in [0.15, 0.2) is 18.2 Å². The van der Waals surface area contributed by atoms with Gasteiger partial charge >= 0.3 is 0 Å². The van der Waals surface area contributed by atoms with Gasteiger partial charge in [0, 0.05) is 18.3 Å². The third-order valence-corrected chi connectivity index (χ3v) is 3.83. The highest BCUT2D eigenvalue weighted by Gasteiger charge is 2.20. The van der Waals surface area contributed by atoms with Gasteiger partial charge in [0.1, 0.15) is 10.9 Å². The lowest BCUT2D eigenvalue weighted by atomic mass is 10.1. The van der Waals surface area contributed by atoms with Crippen LogP contribution in [0.1, 0.15) is 35.5 Å². The van der Waals surface area contributed by atoms with E-state index in [1.54, 1.807) is 25.2 Å². The van der Waals surface area contributed by atoms with E-state index >= 15 is 0 Å². The van der Waals surface area contributed by atoms with Gasteiger partial charge in [0.05, 0.1) is 24.5 Å². The summed E-state index contributed by atoms with van der Waals surface area (Å²) in [5.41, 5.74) is 2.18. The van der Waals surface area contributed by atoms with Gasteiger partial charge in [0.25, 0.3) is 5.91 Å². The van der Waals surface area contributed by atoms with Crippen LogP contribution in [0.2, 0.25) is 5.15 Å². The van der Waals surface area contributed by atoms with Gasteiger partial charge in [-0.05, 0) is 31.5 Å². The number of benzene rings is 1. The van der Waals surface area contributed by atoms with E-state index in [2.05, 4.69) is 10.4 Å². The Labute approximate surface area is 140 Å². The fourth-order valence-corrected chi connectivity index (χ4v) is 2.53. The van der Waals surface area contributed by atoms with Gasteiger partial charge in [-0.15, -0.1) is 0 Å². The second kappa shape index (κ2) is 7.48. The average molecular weight is 338 g/mol. The van der Waals surface area contributed by atoms with Crippen molar-refractivity contribution >= 4 is 23.2 Å². The van der Waals surface area contributed by atoms with Gasteiger partial charge < -0.3 is 15.2 Å². The van der Waals surface area contributed by atoms with Gasteiger partial charge in [-0.2, -0.15) is 5.10 Å². The fourth-order valence-electron chi connectivity index (χ4n) is 2.30. The zero-order chi connectivity index (χ0) is 17.0. The number of nitrogens with zero attached hydrogens (tertiary/aromatic N) is 2. The molecule has 0 aliphatic rings. The van der Waals surface area contributed by atoms with Crippen LogP contribution < -0.4 is 10.1 Å². The Morgan fingerprint density at radius 1 is 1.43 bits per heavy atom.